The Bertz CT molecular complexity index is 763. The van der Waals surface area contributed by atoms with E-state index in [2.05, 4.69) is 5.10 Å². The molecule has 1 amide bonds. The molecular weight excluding hydrogens is 340 g/mol. The first kappa shape index (κ1) is 17.8. The van der Waals surface area contributed by atoms with Gasteiger partial charge in [0.25, 0.3) is 5.91 Å². The molecule has 2 rings (SSSR count). The van der Waals surface area contributed by atoms with Crippen molar-refractivity contribution in [3.05, 3.63) is 47.3 Å². The summed E-state index contributed by atoms with van der Waals surface area (Å²) in [6.07, 6.45) is -8.62. The Kier molecular flexibility index (Phi) is 4.34. The van der Waals surface area contributed by atoms with Crippen LogP contribution in [0.15, 0.2) is 30.5 Å². The Balaban J connectivity index is 2.41. The molecular formula is C14H11F6N3O. The van der Waals surface area contributed by atoms with Crippen LogP contribution in [0.5, 0.6) is 0 Å². The largest absolute Gasteiger partial charge is 0.435 e. The second kappa shape index (κ2) is 5.84. The molecule has 0 N–H and O–H groups in total. The molecule has 0 saturated carbocycles. The van der Waals surface area contributed by atoms with Crippen molar-refractivity contribution in [3.63, 3.8) is 0 Å². The quantitative estimate of drug-likeness (QED) is 0.774. The summed E-state index contributed by atoms with van der Waals surface area (Å²) in [5.74, 6) is -1.12. The number of anilines is 1. The second-order valence-electron chi connectivity index (χ2n) is 4.98. The molecule has 0 atom stereocenters. The summed E-state index contributed by atoms with van der Waals surface area (Å²) in [6, 6.07) is 3.74. The fourth-order valence-electron chi connectivity index (χ4n) is 2.04. The third-order valence-electron chi connectivity index (χ3n) is 3.19. The fourth-order valence-corrected chi connectivity index (χ4v) is 2.04. The van der Waals surface area contributed by atoms with Gasteiger partial charge in [-0.25, -0.2) is 0 Å². The Morgan fingerprint density at radius 3 is 2.29 bits per heavy atom. The molecule has 0 unspecified atom stereocenters. The molecule has 0 radical (unpaired) electrons. The Morgan fingerprint density at radius 2 is 1.75 bits per heavy atom. The molecule has 1 aromatic heterocycles. The number of halogens is 6. The van der Waals surface area contributed by atoms with Gasteiger partial charge >= 0.3 is 12.4 Å². The number of carbonyl (C=O) groups excluding carboxylic acids is 1. The van der Waals surface area contributed by atoms with Crippen LogP contribution >= 0.6 is 0 Å². The topological polar surface area (TPSA) is 38.1 Å². The number of hydrogen-bond donors (Lipinski definition) is 0. The zero-order chi connectivity index (χ0) is 18.3. The van der Waals surface area contributed by atoms with E-state index in [-0.39, 0.29) is 5.69 Å². The number of alkyl halides is 6. The van der Waals surface area contributed by atoms with E-state index in [0.29, 0.717) is 11.0 Å². The van der Waals surface area contributed by atoms with Gasteiger partial charge in [-0.3, -0.25) is 9.48 Å². The SMILES string of the molecule is CN(C(=O)c1cn(C)nc1C(F)(F)F)c1cccc(C(F)(F)F)c1. The third-order valence-corrected chi connectivity index (χ3v) is 3.19. The van der Waals surface area contributed by atoms with E-state index in [1.807, 2.05) is 0 Å². The first-order chi connectivity index (χ1) is 10.9. The summed E-state index contributed by atoms with van der Waals surface area (Å²) in [6.45, 7) is 0. The number of nitrogens with zero attached hydrogens (tertiary/aromatic N) is 3. The molecule has 0 aliphatic carbocycles. The molecule has 4 nitrogen and oxygen atoms in total. The number of amides is 1. The average molecular weight is 351 g/mol. The van der Waals surface area contributed by atoms with Crippen LogP contribution in [-0.4, -0.2) is 22.7 Å². The molecule has 130 valence electrons. The van der Waals surface area contributed by atoms with E-state index in [4.69, 9.17) is 0 Å². The lowest BCUT2D eigenvalue weighted by Crippen LogP contribution is -2.28. The maximum Gasteiger partial charge on any atom is 0.435 e. The molecule has 2 aromatic rings. The van der Waals surface area contributed by atoms with Crippen molar-refractivity contribution in [2.45, 2.75) is 12.4 Å². The number of aromatic nitrogens is 2. The molecule has 0 bridgehead atoms. The highest BCUT2D eigenvalue weighted by Crippen LogP contribution is 2.33. The van der Waals surface area contributed by atoms with Crippen molar-refractivity contribution in [1.29, 1.82) is 0 Å². The van der Waals surface area contributed by atoms with Gasteiger partial charge in [-0.1, -0.05) is 6.07 Å². The van der Waals surface area contributed by atoms with Crippen molar-refractivity contribution < 1.29 is 31.1 Å². The van der Waals surface area contributed by atoms with Crippen molar-refractivity contribution in [2.75, 3.05) is 11.9 Å². The molecule has 10 heteroatoms. The maximum atomic E-state index is 12.9. The van der Waals surface area contributed by atoms with Crippen LogP contribution in [0.2, 0.25) is 0 Å². The number of carbonyl (C=O) groups is 1. The van der Waals surface area contributed by atoms with Gasteiger partial charge in [-0.2, -0.15) is 31.4 Å². The van der Waals surface area contributed by atoms with E-state index in [1.165, 1.54) is 13.1 Å². The average Bonchev–Trinajstić information content (AvgIpc) is 2.87. The zero-order valence-electron chi connectivity index (χ0n) is 12.4. The zero-order valence-corrected chi connectivity index (χ0v) is 12.4. The first-order valence-electron chi connectivity index (χ1n) is 6.47. The minimum atomic E-state index is -4.86. The van der Waals surface area contributed by atoms with Gasteiger partial charge in [0.15, 0.2) is 5.69 Å². The van der Waals surface area contributed by atoms with Crippen molar-refractivity contribution in [3.8, 4) is 0 Å². The minimum absolute atomic E-state index is 0.188. The van der Waals surface area contributed by atoms with Crippen molar-refractivity contribution >= 4 is 11.6 Å². The van der Waals surface area contributed by atoms with Gasteiger partial charge in [0.1, 0.15) is 0 Å². The van der Waals surface area contributed by atoms with Crippen LogP contribution in [0.1, 0.15) is 21.6 Å². The molecule has 0 fully saturated rings. The summed E-state index contributed by atoms with van der Waals surface area (Å²) in [7, 11) is 2.29. The van der Waals surface area contributed by atoms with Gasteiger partial charge < -0.3 is 4.90 Å². The van der Waals surface area contributed by atoms with Crippen LogP contribution in [0.4, 0.5) is 32.0 Å². The third kappa shape index (κ3) is 3.52. The van der Waals surface area contributed by atoms with Crippen LogP contribution in [0.3, 0.4) is 0 Å². The summed E-state index contributed by atoms with van der Waals surface area (Å²) >= 11 is 0. The number of aryl methyl sites for hydroxylation is 1. The van der Waals surface area contributed by atoms with Crippen molar-refractivity contribution in [2.24, 2.45) is 7.05 Å². The van der Waals surface area contributed by atoms with Crippen molar-refractivity contribution in [1.82, 2.24) is 9.78 Å². The Morgan fingerprint density at radius 1 is 1.12 bits per heavy atom. The fraction of sp³-hybridized carbons (Fsp3) is 0.286. The number of rotatable bonds is 2. The predicted molar refractivity (Wildman–Crippen MR) is 72.4 cm³/mol. The minimum Gasteiger partial charge on any atom is -0.311 e. The molecule has 24 heavy (non-hydrogen) atoms. The predicted octanol–water partition coefficient (Wildman–Crippen LogP) is 3.73. The van der Waals surface area contributed by atoms with Crippen LogP contribution in [-0.2, 0) is 19.4 Å². The molecule has 1 aromatic carbocycles. The molecule has 1 heterocycles. The lowest BCUT2D eigenvalue weighted by molar-refractivity contribution is -0.141. The van der Waals surface area contributed by atoms with Crippen LogP contribution < -0.4 is 4.90 Å². The lowest BCUT2D eigenvalue weighted by atomic mass is 10.1. The summed E-state index contributed by atoms with van der Waals surface area (Å²) < 4.78 is 77.7. The highest BCUT2D eigenvalue weighted by molar-refractivity contribution is 6.06. The van der Waals surface area contributed by atoms with E-state index >= 15 is 0 Å². The molecule has 0 saturated heterocycles. The normalized spacial score (nSPS) is 12.3. The second-order valence-corrected chi connectivity index (χ2v) is 4.98. The van der Waals surface area contributed by atoms with E-state index < -0.39 is 35.1 Å². The van der Waals surface area contributed by atoms with E-state index in [0.717, 1.165) is 30.1 Å². The van der Waals surface area contributed by atoms with Gasteiger partial charge in [0.2, 0.25) is 0 Å². The van der Waals surface area contributed by atoms with Gasteiger partial charge in [0, 0.05) is 26.0 Å². The van der Waals surface area contributed by atoms with E-state index in [9.17, 15) is 31.1 Å². The smallest absolute Gasteiger partial charge is 0.311 e. The van der Waals surface area contributed by atoms with Gasteiger partial charge in [-0.05, 0) is 18.2 Å². The van der Waals surface area contributed by atoms with E-state index in [1.54, 1.807) is 0 Å². The summed E-state index contributed by atoms with van der Waals surface area (Å²) in [5, 5.41) is 3.20. The molecule has 0 spiro atoms. The highest BCUT2D eigenvalue weighted by Gasteiger charge is 2.40. The number of benzene rings is 1. The van der Waals surface area contributed by atoms with Gasteiger partial charge in [-0.15, -0.1) is 0 Å². The van der Waals surface area contributed by atoms with Crippen LogP contribution in [0, 0.1) is 0 Å². The first-order valence-corrected chi connectivity index (χ1v) is 6.47. The van der Waals surface area contributed by atoms with Crippen LogP contribution in [0.25, 0.3) is 0 Å². The maximum absolute atomic E-state index is 12.9. The van der Waals surface area contributed by atoms with Gasteiger partial charge in [0.05, 0.1) is 11.1 Å². The molecule has 0 aliphatic rings. The highest BCUT2D eigenvalue weighted by atomic mass is 19.4. The standard InChI is InChI=1S/C14H11F6N3O/c1-22-7-10(11(21-22)14(18,19)20)12(24)23(2)9-5-3-4-8(6-9)13(15,16)17/h3-7H,1-2H3. The summed E-state index contributed by atoms with van der Waals surface area (Å²) in [5.41, 5.74) is -3.34. The Hall–Kier alpha value is -2.52. The summed E-state index contributed by atoms with van der Waals surface area (Å²) in [4.78, 5) is 13.0. The monoisotopic (exact) mass is 351 g/mol. The number of hydrogen-bond acceptors (Lipinski definition) is 2. The Labute approximate surface area is 132 Å². The molecule has 0 aliphatic heterocycles. The lowest BCUT2D eigenvalue weighted by Gasteiger charge is -2.19.